The van der Waals surface area contributed by atoms with Crippen molar-refractivity contribution in [2.45, 2.75) is 25.5 Å². The van der Waals surface area contributed by atoms with Crippen LogP contribution in [0.15, 0.2) is 30.3 Å². The fourth-order valence-electron chi connectivity index (χ4n) is 1.86. The van der Waals surface area contributed by atoms with Gasteiger partial charge in [0.25, 0.3) is 5.91 Å². The minimum atomic E-state index is -1.37. The number of ether oxygens (including phenoxy) is 2. The average Bonchev–Trinajstić information content (AvgIpc) is 2.48. The Morgan fingerprint density at radius 2 is 1.86 bits per heavy atom. The highest BCUT2D eigenvalue weighted by Gasteiger charge is 2.28. The second kappa shape index (κ2) is 8.78. The molecule has 7 heteroatoms. The van der Waals surface area contributed by atoms with Crippen molar-refractivity contribution >= 4 is 17.8 Å². The van der Waals surface area contributed by atoms with Crippen molar-refractivity contribution in [2.75, 3.05) is 13.7 Å². The third kappa shape index (κ3) is 5.17. The van der Waals surface area contributed by atoms with E-state index in [0.29, 0.717) is 5.56 Å². The van der Waals surface area contributed by atoms with Crippen molar-refractivity contribution in [1.29, 1.82) is 0 Å². The Morgan fingerprint density at radius 3 is 2.36 bits per heavy atom. The maximum Gasteiger partial charge on any atom is 0.326 e. The van der Waals surface area contributed by atoms with E-state index in [2.05, 4.69) is 5.32 Å². The smallest absolute Gasteiger partial charge is 0.326 e. The summed E-state index contributed by atoms with van der Waals surface area (Å²) in [6, 6.07) is 7.27. The van der Waals surface area contributed by atoms with E-state index < -0.39 is 36.4 Å². The van der Waals surface area contributed by atoms with Gasteiger partial charge in [0.1, 0.15) is 6.04 Å². The lowest BCUT2D eigenvalue weighted by molar-refractivity contribution is -0.151. The molecule has 1 rings (SSSR count). The van der Waals surface area contributed by atoms with Crippen LogP contribution in [0.25, 0.3) is 0 Å². The molecule has 0 bridgehead atoms. The summed E-state index contributed by atoms with van der Waals surface area (Å²) in [5.41, 5.74) is 0.586. The van der Waals surface area contributed by atoms with Crippen LogP contribution in [0.2, 0.25) is 0 Å². The number of rotatable bonds is 8. The van der Waals surface area contributed by atoms with E-state index >= 15 is 0 Å². The number of carboxylic acid groups (broad SMARTS) is 1. The van der Waals surface area contributed by atoms with Crippen LogP contribution in [0.4, 0.5) is 0 Å². The van der Waals surface area contributed by atoms with Crippen molar-refractivity contribution in [3.8, 4) is 0 Å². The number of esters is 1. The molecule has 1 aromatic carbocycles. The highest BCUT2D eigenvalue weighted by atomic mass is 16.5. The van der Waals surface area contributed by atoms with Gasteiger partial charge in [-0.2, -0.15) is 0 Å². The first-order chi connectivity index (χ1) is 10.5. The van der Waals surface area contributed by atoms with E-state index in [9.17, 15) is 14.4 Å². The maximum atomic E-state index is 12.2. The van der Waals surface area contributed by atoms with E-state index in [1.807, 2.05) is 0 Å². The highest BCUT2D eigenvalue weighted by Crippen LogP contribution is 2.16. The molecule has 0 aliphatic carbocycles. The molecule has 0 saturated heterocycles. The summed E-state index contributed by atoms with van der Waals surface area (Å²) in [5, 5.41) is 11.4. The fraction of sp³-hybridized carbons (Fsp3) is 0.400. The SMILES string of the molecule is CCOC(=O)C[C@@H](NC(=O)[C@H](OC)c1ccccc1)C(=O)O. The van der Waals surface area contributed by atoms with Gasteiger partial charge in [-0.05, 0) is 12.5 Å². The summed E-state index contributed by atoms with van der Waals surface area (Å²) < 4.78 is 9.80. The van der Waals surface area contributed by atoms with Crippen molar-refractivity contribution in [2.24, 2.45) is 0 Å². The number of hydrogen-bond acceptors (Lipinski definition) is 5. The Kier molecular flexibility index (Phi) is 7.04. The van der Waals surface area contributed by atoms with E-state index in [-0.39, 0.29) is 6.61 Å². The van der Waals surface area contributed by atoms with Gasteiger partial charge in [0.15, 0.2) is 6.10 Å². The summed E-state index contributed by atoms with van der Waals surface area (Å²) in [4.78, 5) is 34.7. The first-order valence-electron chi connectivity index (χ1n) is 6.76. The van der Waals surface area contributed by atoms with Crippen molar-refractivity contribution in [3.05, 3.63) is 35.9 Å². The molecule has 7 nitrogen and oxygen atoms in total. The first kappa shape index (κ1) is 17.6. The molecule has 0 heterocycles. The van der Waals surface area contributed by atoms with Crippen molar-refractivity contribution in [3.63, 3.8) is 0 Å². The lowest BCUT2D eigenvalue weighted by atomic mass is 10.1. The zero-order chi connectivity index (χ0) is 16.5. The van der Waals surface area contributed by atoms with Gasteiger partial charge in [0.2, 0.25) is 0 Å². The average molecular weight is 309 g/mol. The van der Waals surface area contributed by atoms with E-state index in [4.69, 9.17) is 14.6 Å². The summed E-state index contributed by atoms with van der Waals surface area (Å²) in [6.45, 7) is 1.76. The Bertz CT molecular complexity index is 516. The standard InChI is InChI=1S/C15H19NO6/c1-3-22-12(17)9-11(15(19)20)16-14(18)13(21-2)10-7-5-4-6-8-10/h4-8,11,13H,3,9H2,1-2H3,(H,16,18)(H,19,20)/t11-,13-/m1/s1. The zero-order valence-corrected chi connectivity index (χ0v) is 12.4. The third-order valence-corrected chi connectivity index (χ3v) is 2.87. The molecule has 0 fully saturated rings. The van der Waals surface area contributed by atoms with Gasteiger partial charge in [0, 0.05) is 7.11 Å². The summed E-state index contributed by atoms with van der Waals surface area (Å²) in [6.07, 6.45) is -1.40. The number of hydrogen-bond donors (Lipinski definition) is 2. The number of nitrogens with one attached hydrogen (secondary N) is 1. The van der Waals surface area contributed by atoms with Crippen LogP contribution in [0.5, 0.6) is 0 Å². The Balaban J connectivity index is 2.77. The molecule has 0 aliphatic rings. The second-order valence-corrected chi connectivity index (χ2v) is 4.43. The molecule has 1 amide bonds. The highest BCUT2D eigenvalue weighted by molar-refractivity contribution is 5.89. The molecule has 1 aromatic rings. The number of amides is 1. The van der Waals surface area contributed by atoms with Gasteiger partial charge < -0.3 is 19.9 Å². The molecular formula is C15H19NO6. The van der Waals surface area contributed by atoms with Crippen LogP contribution in [0.1, 0.15) is 25.0 Å². The first-order valence-corrected chi connectivity index (χ1v) is 6.76. The van der Waals surface area contributed by atoms with Crippen LogP contribution in [-0.4, -0.2) is 42.7 Å². The van der Waals surface area contributed by atoms with Crippen LogP contribution in [0.3, 0.4) is 0 Å². The largest absolute Gasteiger partial charge is 0.480 e. The van der Waals surface area contributed by atoms with Gasteiger partial charge in [-0.15, -0.1) is 0 Å². The number of carboxylic acids is 1. The zero-order valence-electron chi connectivity index (χ0n) is 12.4. The number of carbonyl (C=O) groups is 3. The maximum absolute atomic E-state index is 12.2. The van der Waals surface area contributed by atoms with Crippen LogP contribution in [0, 0.1) is 0 Å². The van der Waals surface area contributed by atoms with E-state index in [0.717, 1.165) is 0 Å². The van der Waals surface area contributed by atoms with Gasteiger partial charge >= 0.3 is 11.9 Å². The molecule has 0 saturated carbocycles. The molecule has 22 heavy (non-hydrogen) atoms. The minimum Gasteiger partial charge on any atom is -0.480 e. The van der Waals surface area contributed by atoms with Gasteiger partial charge in [0.05, 0.1) is 13.0 Å². The third-order valence-electron chi connectivity index (χ3n) is 2.87. The monoisotopic (exact) mass is 309 g/mol. The predicted octanol–water partition coefficient (Wildman–Crippen LogP) is 0.897. The Hall–Kier alpha value is -2.41. The van der Waals surface area contributed by atoms with E-state index in [1.54, 1.807) is 37.3 Å². The fourth-order valence-corrected chi connectivity index (χ4v) is 1.86. The van der Waals surface area contributed by atoms with Crippen LogP contribution >= 0.6 is 0 Å². The lowest BCUT2D eigenvalue weighted by Crippen LogP contribution is -2.44. The number of carbonyl (C=O) groups excluding carboxylic acids is 2. The predicted molar refractivity (Wildman–Crippen MR) is 77.0 cm³/mol. The van der Waals surface area contributed by atoms with E-state index in [1.165, 1.54) is 7.11 Å². The minimum absolute atomic E-state index is 0.143. The van der Waals surface area contributed by atoms with Gasteiger partial charge in [-0.25, -0.2) is 4.79 Å². The molecule has 2 atom stereocenters. The quantitative estimate of drug-likeness (QED) is 0.692. The molecule has 0 radical (unpaired) electrons. The number of benzene rings is 1. The number of aliphatic carboxylic acids is 1. The molecule has 0 aromatic heterocycles. The summed E-state index contributed by atoms with van der Waals surface area (Å²) in [5.74, 6) is -2.64. The van der Waals surface area contributed by atoms with Crippen LogP contribution in [-0.2, 0) is 23.9 Å². The molecule has 0 spiro atoms. The Labute approximate surface area is 128 Å². The topological polar surface area (TPSA) is 102 Å². The number of methoxy groups -OCH3 is 1. The van der Waals surface area contributed by atoms with Crippen molar-refractivity contribution in [1.82, 2.24) is 5.32 Å². The normalized spacial score (nSPS) is 13.0. The molecule has 0 aliphatic heterocycles. The molecule has 120 valence electrons. The molecule has 0 unspecified atom stereocenters. The molecule has 2 N–H and O–H groups in total. The van der Waals surface area contributed by atoms with Gasteiger partial charge in [-0.3, -0.25) is 9.59 Å². The van der Waals surface area contributed by atoms with Crippen molar-refractivity contribution < 1.29 is 29.0 Å². The Morgan fingerprint density at radius 1 is 1.23 bits per heavy atom. The van der Waals surface area contributed by atoms with Crippen LogP contribution < -0.4 is 5.32 Å². The summed E-state index contributed by atoms with van der Waals surface area (Å²) >= 11 is 0. The lowest BCUT2D eigenvalue weighted by Gasteiger charge is -2.19. The van der Waals surface area contributed by atoms with Gasteiger partial charge in [-0.1, -0.05) is 30.3 Å². The molecular weight excluding hydrogens is 290 g/mol. The second-order valence-electron chi connectivity index (χ2n) is 4.43. The summed E-state index contributed by atoms with van der Waals surface area (Å²) in [7, 11) is 1.35.